The largest absolute Gasteiger partial charge is 0.353 e. The first-order chi connectivity index (χ1) is 8.79. The van der Waals surface area contributed by atoms with E-state index in [9.17, 15) is 9.59 Å². The molecule has 1 saturated heterocycles. The first-order valence-electron chi connectivity index (χ1n) is 6.46. The molecule has 0 spiro atoms. The molecule has 2 amide bonds. The van der Waals surface area contributed by atoms with Crippen molar-refractivity contribution in [1.82, 2.24) is 10.2 Å². The Hall–Kier alpha value is -1.36. The lowest BCUT2D eigenvalue weighted by Gasteiger charge is -2.26. The van der Waals surface area contributed by atoms with Crippen LogP contribution < -0.4 is 5.32 Å². The molecule has 1 fully saturated rings. The van der Waals surface area contributed by atoms with Crippen LogP contribution >= 0.6 is 11.3 Å². The molecule has 0 bridgehead atoms. The van der Waals surface area contributed by atoms with Crippen LogP contribution in [0.15, 0.2) is 6.07 Å². The quantitative estimate of drug-likeness (QED) is 0.854. The third-order valence-electron chi connectivity index (χ3n) is 3.21. The summed E-state index contributed by atoms with van der Waals surface area (Å²) in [6.45, 7) is 9.68. The van der Waals surface area contributed by atoms with Crippen molar-refractivity contribution in [2.24, 2.45) is 0 Å². The zero-order valence-corrected chi connectivity index (χ0v) is 12.7. The Labute approximate surface area is 117 Å². The molecule has 0 unspecified atom stereocenters. The number of thiophene rings is 1. The molecule has 0 atom stereocenters. The van der Waals surface area contributed by atoms with Crippen LogP contribution in [0.2, 0.25) is 0 Å². The summed E-state index contributed by atoms with van der Waals surface area (Å²) < 4.78 is 0. The van der Waals surface area contributed by atoms with Gasteiger partial charge in [0.1, 0.15) is 0 Å². The smallest absolute Gasteiger partial charge is 0.255 e. The monoisotopic (exact) mass is 280 g/mol. The van der Waals surface area contributed by atoms with E-state index in [-0.39, 0.29) is 23.8 Å². The number of hydrogen-bond acceptors (Lipinski definition) is 3. The third-order valence-corrected chi connectivity index (χ3v) is 4.69. The van der Waals surface area contributed by atoms with Crippen LogP contribution in [0.5, 0.6) is 0 Å². The summed E-state index contributed by atoms with van der Waals surface area (Å²) in [4.78, 5) is 27.7. The molecule has 1 aromatic heterocycles. The van der Waals surface area contributed by atoms with Crippen molar-refractivity contribution in [2.45, 2.75) is 33.1 Å². The molecular formula is C14H20N2O2S. The predicted octanol–water partition coefficient (Wildman–Crippen LogP) is 1.93. The van der Waals surface area contributed by atoms with Crippen molar-refractivity contribution >= 4 is 23.2 Å². The lowest BCUT2D eigenvalue weighted by Crippen LogP contribution is -2.50. The molecule has 0 aromatic carbocycles. The number of rotatable bonds is 1. The zero-order chi connectivity index (χ0) is 14.2. The summed E-state index contributed by atoms with van der Waals surface area (Å²) in [5.74, 6) is -0.109. The molecule has 104 valence electrons. The standard InChI is InChI=1S/C14H20N2O2S/c1-9-10(7-11(19-9)14(2,3)4)13(18)16-6-5-15-12(17)8-16/h7H,5-6,8H2,1-4H3,(H,15,17). The van der Waals surface area contributed by atoms with Gasteiger partial charge in [0, 0.05) is 22.8 Å². The summed E-state index contributed by atoms with van der Waals surface area (Å²) in [5.41, 5.74) is 0.789. The van der Waals surface area contributed by atoms with E-state index in [0.29, 0.717) is 13.1 Å². The van der Waals surface area contributed by atoms with Gasteiger partial charge in [0.2, 0.25) is 5.91 Å². The number of aryl methyl sites for hydroxylation is 1. The second-order valence-corrected chi connectivity index (χ2v) is 7.16. The van der Waals surface area contributed by atoms with Gasteiger partial charge in [-0.2, -0.15) is 0 Å². The minimum Gasteiger partial charge on any atom is -0.353 e. The van der Waals surface area contributed by atoms with E-state index in [0.717, 1.165) is 10.4 Å². The lowest BCUT2D eigenvalue weighted by atomic mass is 9.94. The SMILES string of the molecule is Cc1sc(C(C)(C)C)cc1C(=O)N1CCNC(=O)C1. The summed E-state index contributed by atoms with van der Waals surface area (Å²) in [6, 6.07) is 1.98. The van der Waals surface area contributed by atoms with E-state index < -0.39 is 0 Å². The molecule has 2 rings (SSSR count). The van der Waals surface area contributed by atoms with Crippen LogP contribution in [0, 0.1) is 6.92 Å². The van der Waals surface area contributed by atoms with Gasteiger partial charge < -0.3 is 10.2 Å². The van der Waals surface area contributed by atoms with Gasteiger partial charge in [-0.3, -0.25) is 9.59 Å². The fourth-order valence-electron chi connectivity index (χ4n) is 2.05. The van der Waals surface area contributed by atoms with Crippen molar-refractivity contribution in [3.63, 3.8) is 0 Å². The molecular weight excluding hydrogens is 260 g/mol. The Balaban J connectivity index is 2.24. The number of nitrogens with one attached hydrogen (secondary N) is 1. The molecule has 1 aromatic rings. The molecule has 1 aliphatic rings. The maximum absolute atomic E-state index is 12.5. The number of hydrogen-bond donors (Lipinski definition) is 1. The van der Waals surface area contributed by atoms with Gasteiger partial charge in [-0.1, -0.05) is 20.8 Å². The normalized spacial score (nSPS) is 16.4. The van der Waals surface area contributed by atoms with Crippen LogP contribution in [-0.2, 0) is 10.2 Å². The van der Waals surface area contributed by atoms with Crippen molar-refractivity contribution in [3.05, 3.63) is 21.4 Å². The minimum absolute atomic E-state index is 0.0286. The van der Waals surface area contributed by atoms with Crippen LogP contribution in [0.25, 0.3) is 0 Å². The Morgan fingerprint density at radius 3 is 2.63 bits per heavy atom. The van der Waals surface area contributed by atoms with E-state index in [1.54, 1.807) is 16.2 Å². The minimum atomic E-state index is -0.0801. The van der Waals surface area contributed by atoms with Crippen LogP contribution in [0.4, 0.5) is 0 Å². The second-order valence-electron chi connectivity index (χ2n) is 5.91. The van der Waals surface area contributed by atoms with Crippen LogP contribution in [-0.4, -0.2) is 36.3 Å². The second kappa shape index (κ2) is 4.96. The molecule has 2 heterocycles. The Kier molecular flexibility index (Phi) is 3.67. The zero-order valence-electron chi connectivity index (χ0n) is 11.9. The molecule has 19 heavy (non-hydrogen) atoms. The molecule has 4 nitrogen and oxygen atoms in total. The average Bonchev–Trinajstić information content (AvgIpc) is 2.70. The fourth-order valence-corrected chi connectivity index (χ4v) is 3.12. The van der Waals surface area contributed by atoms with Gasteiger partial charge in [-0.25, -0.2) is 0 Å². The highest BCUT2D eigenvalue weighted by molar-refractivity contribution is 7.12. The first kappa shape index (κ1) is 14.1. The van der Waals surface area contributed by atoms with Crippen molar-refractivity contribution in [3.8, 4) is 0 Å². The van der Waals surface area contributed by atoms with Crippen molar-refractivity contribution in [2.75, 3.05) is 19.6 Å². The molecule has 5 heteroatoms. The molecule has 1 aliphatic heterocycles. The first-order valence-corrected chi connectivity index (χ1v) is 7.27. The van der Waals surface area contributed by atoms with E-state index in [4.69, 9.17) is 0 Å². The average molecular weight is 280 g/mol. The van der Waals surface area contributed by atoms with Crippen LogP contribution in [0.1, 0.15) is 40.9 Å². The number of nitrogens with zero attached hydrogens (tertiary/aromatic N) is 1. The number of carbonyl (C=O) groups is 2. The van der Waals surface area contributed by atoms with Gasteiger partial charge in [0.25, 0.3) is 5.91 Å². The highest BCUT2D eigenvalue weighted by Gasteiger charge is 2.26. The van der Waals surface area contributed by atoms with E-state index in [1.807, 2.05) is 13.0 Å². The molecule has 0 saturated carbocycles. The van der Waals surface area contributed by atoms with Crippen molar-refractivity contribution < 1.29 is 9.59 Å². The van der Waals surface area contributed by atoms with Gasteiger partial charge >= 0.3 is 0 Å². The number of carbonyl (C=O) groups excluding carboxylic acids is 2. The van der Waals surface area contributed by atoms with Gasteiger partial charge in [-0.15, -0.1) is 11.3 Å². The van der Waals surface area contributed by atoms with Gasteiger partial charge in [-0.05, 0) is 18.4 Å². The van der Waals surface area contributed by atoms with Gasteiger partial charge in [0.15, 0.2) is 0 Å². The summed E-state index contributed by atoms with van der Waals surface area (Å²) in [6.07, 6.45) is 0. The fraction of sp³-hybridized carbons (Fsp3) is 0.571. The van der Waals surface area contributed by atoms with E-state index >= 15 is 0 Å². The Morgan fingerprint density at radius 1 is 1.42 bits per heavy atom. The highest BCUT2D eigenvalue weighted by atomic mass is 32.1. The maximum Gasteiger partial charge on any atom is 0.255 e. The summed E-state index contributed by atoms with van der Waals surface area (Å²) in [5, 5.41) is 2.73. The topological polar surface area (TPSA) is 49.4 Å². The number of piperazine rings is 1. The summed E-state index contributed by atoms with van der Waals surface area (Å²) in [7, 11) is 0. The molecule has 0 aliphatic carbocycles. The number of amides is 2. The maximum atomic E-state index is 12.5. The Bertz CT molecular complexity index is 514. The van der Waals surface area contributed by atoms with Crippen LogP contribution in [0.3, 0.4) is 0 Å². The molecule has 1 N–H and O–H groups in total. The van der Waals surface area contributed by atoms with E-state index in [1.165, 1.54) is 4.88 Å². The summed E-state index contributed by atoms with van der Waals surface area (Å²) >= 11 is 1.67. The lowest BCUT2D eigenvalue weighted by molar-refractivity contribution is -0.123. The third kappa shape index (κ3) is 2.97. The molecule has 0 radical (unpaired) electrons. The van der Waals surface area contributed by atoms with Crippen molar-refractivity contribution in [1.29, 1.82) is 0 Å². The van der Waals surface area contributed by atoms with Gasteiger partial charge in [0.05, 0.1) is 12.1 Å². The Morgan fingerprint density at radius 2 is 2.11 bits per heavy atom. The van der Waals surface area contributed by atoms with E-state index in [2.05, 4.69) is 26.1 Å². The predicted molar refractivity (Wildman–Crippen MR) is 76.7 cm³/mol. The highest BCUT2D eigenvalue weighted by Crippen LogP contribution is 2.32.